The van der Waals surface area contributed by atoms with Gasteiger partial charge in [-0.1, -0.05) is 42.5 Å². The van der Waals surface area contributed by atoms with E-state index in [0.29, 0.717) is 6.42 Å². The van der Waals surface area contributed by atoms with Crippen LogP contribution in [0.1, 0.15) is 32.8 Å². The highest BCUT2D eigenvalue weighted by atomic mass is 32.1. The molecule has 0 fully saturated rings. The van der Waals surface area contributed by atoms with Gasteiger partial charge in [0, 0.05) is 18.5 Å². The summed E-state index contributed by atoms with van der Waals surface area (Å²) in [6, 6.07) is 10.00. The Morgan fingerprint density at radius 2 is 1.64 bits per heavy atom. The zero-order valence-electron chi connectivity index (χ0n) is 13.6. The van der Waals surface area contributed by atoms with E-state index < -0.39 is 5.44 Å². The van der Waals surface area contributed by atoms with E-state index in [4.69, 9.17) is 14.6 Å². The van der Waals surface area contributed by atoms with E-state index in [9.17, 15) is 0 Å². The van der Waals surface area contributed by atoms with Gasteiger partial charge in [0.25, 0.3) is 0 Å². The second kappa shape index (κ2) is 14.2. The molecule has 3 nitrogen and oxygen atoms in total. The van der Waals surface area contributed by atoms with Gasteiger partial charge in [-0.25, -0.2) is 0 Å². The van der Waals surface area contributed by atoms with Crippen molar-refractivity contribution in [3.8, 4) is 0 Å². The Morgan fingerprint density at radius 3 is 2.09 bits per heavy atom. The molecule has 1 aromatic rings. The van der Waals surface area contributed by atoms with E-state index in [2.05, 4.69) is 25.3 Å². The number of hydrogen-bond donors (Lipinski definition) is 3. The lowest BCUT2D eigenvalue weighted by molar-refractivity contribution is -0.123. The maximum Gasteiger partial charge on any atom is 0.154 e. The molecule has 0 bridgehead atoms. The monoisotopic (exact) mass is 344 g/mol. The molecule has 0 aliphatic carbocycles. The molecular weight excluding hydrogens is 316 g/mol. The number of benzene rings is 1. The van der Waals surface area contributed by atoms with Gasteiger partial charge >= 0.3 is 0 Å². The smallest absolute Gasteiger partial charge is 0.154 e. The van der Waals surface area contributed by atoms with E-state index in [1.54, 1.807) is 0 Å². The SMILES string of the molecule is CCOC(C)OCC.OC(S)CC(S)C=Cc1ccccc1. The molecule has 126 valence electrons. The molecule has 0 saturated carbocycles. The van der Waals surface area contributed by atoms with Crippen molar-refractivity contribution in [3.05, 3.63) is 42.0 Å². The minimum absolute atomic E-state index is 0.0370. The summed E-state index contributed by atoms with van der Waals surface area (Å²) in [4.78, 5) is 0. The van der Waals surface area contributed by atoms with Crippen molar-refractivity contribution in [1.29, 1.82) is 0 Å². The summed E-state index contributed by atoms with van der Waals surface area (Å²) in [5, 5.41) is 9.05. The molecule has 1 rings (SSSR count). The highest BCUT2D eigenvalue weighted by Crippen LogP contribution is 2.11. The minimum atomic E-state index is -0.599. The van der Waals surface area contributed by atoms with Crippen LogP contribution in [0.4, 0.5) is 0 Å². The van der Waals surface area contributed by atoms with Crippen LogP contribution in [0.25, 0.3) is 6.08 Å². The molecule has 0 heterocycles. The van der Waals surface area contributed by atoms with Crippen molar-refractivity contribution in [2.75, 3.05) is 13.2 Å². The summed E-state index contributed by atoms with van der Waals surface area (Å²) in [6.45, 7) is 7.25. The van der Waals surface area contributed by atoms with E-state index in [0.717, 1.165) is 18.8 Å². The first-order valence-corrected chi connectivity index (χ1v) is 8.53. The summed E-state index contributed by atoms with van der Waals surface area (Å²) in [5.41, 5.74) is 0.540. The topological polar surface area (TPSA) is 38.7 Å². The highest BCUT2D eigenvalue weighted by molar-refractivity contribution is 7.81. The third kappa shape index (κ3) is 13.2. The third-order valence-electron chi connectivity index (χ3n) is 2.57. The Kier molecular flexibility index (Phi) is 13.9. The second-order valence-corrected chi connectivity index (χ2v) is 5.79. The van der Waals surface area contributed by atoms with E-state index in [1.165, 1.54) is 0 Å². The van der Waals surface area contributed by atoms with E-state index >= 15 is 0 Å². The molecule has 0 spiro atoms. The molecule has 1 aromatic carbocycles. The summed E-state index contributed by atoms with van der Waals surface area (Å²) >= 11 is 8.19. The van der Waals surface area contributed by atoms with Gasteiger partial charge in [0.15, 0.2) is 6.29 Å². The summed E-state index contributed by atoms with van der Waals surface area (Å²) in [6.07, 6.45) is 4.46. The number of aliphatic hydroxyl groups is 1. The van der Waals surface area contributed by atoms with Gasteiger partial charge in [-0.15, -0.1) is 12.6 Å². The molecule has 0 aromatic heterocycles. The molecule has 5 heteroatoms. The fourth-order valence-corrected chi connectivity index (χ4v) is 2.28. The van der Waals surface area contributed by atoms with Crippen molar-refractivity contribution in [3.63, 3.8) is 0 Å². The molecule has 0 amide bonds. The van der Waals surface area contributed by atoms with Crippen LogP contribution in [0.2, 0.25) is 0 Å². The zero-order valence-corrected chi connectivity index (χ0v) is 15.3. The van der Waals surface area contributed by atoms with E-state index in [1.807, 2.05) is 63.3 Å². The predicted octanol–water partition coefficient (Wildman–Crippen LogP) is 4.04. The second-order valence-electron chi connectivity index (χ2n) is 4.53. The first-order valence-electron chi connectivity index (χ1n) is 7.50. The van der Waals surface area contributed by atoms with Crippen LogP contribution in [-0.4, -0.2) is 35.3 Å². The van der Waals surface area contributed by atoms with Crippen molar-refractivity contribution in [2.24, 2.45) is 0 Å². The largest absolute Gasteiger partial charge is 0.383 e. The Balaban J connectivity index is 0.000000472. The molecular formula is C17H28O3S2. The maximum absolute atomic E-state index is 9.00. The van der Waals surface area contributed by atoms with Crippen LogP contribution in [0, 0.1) is 0 Å². The third-order valence-corrected chi connectivity index (χ3v) is 3.16. The zero-order chi connectivity index (χ0) is 16.8. The Bertz CT molecular complexity index is 377. The highest BCUT2D eigenvalue weighted by Gasteiger charge is 2.02. The molecule has 0 radical (unpaired) electrons. The van der Waals surface area contributed by atoms with Gasteiger partial charge in [-0.05, 0) is 32.8 Å². The quantitative estimate of drug-likeness (QED) is 0.492. The van der Waals surface area contributed by atoms with Gasteiger partial charge in [-0.2, -0.15) is 12.6 Å². The fraction of sp³-hybridized carbons (Fsp3) is 0.529. The number of ether oxygens (including phenoxy) is 2. The Morgan fingerprint density at radius 1 is 1.09 bits per heavy atom. The van der Waals surface area contributed by atoms with Crippen LogP contribution in [-0.2, 0) is 9.47 Å². The van der Waals surface area contributed by atoms with Gasteiger partial charge in [0.05, 0.1) is 5.44 Å². The molecule has 2 atom stereocenters. The van der Waals surface area contributed by atoms with Gasteiger partial charge in [0.2, 0.25) is 0 Å². The summed E-state index contributed by atoms with van der Waals surface area (Å²) in [5.74, 6) is 0. The number of hydrogen-bond acceptors (Lipinski definition) is 5. The maximum atomic E-state index is 9.00. The van der Waals surface area contributed by atoms with Gasteiger partial charge in [-0.3, -0.25) is 0 Å². The lowest BCUT2D eigenvalue weighted by Crippen LogP contribution is -2.11. The lowest BCUT2D eigenvalue weighted by atomic mass is 10.2. The van der Waals surface area contributed by atoms with E-state index in [-0.39, 0.29) is 11.5 Å². The molecule has 1 N–H and O–H groups in total. The van der Waals surface area contributed by atoms with Crippen LogP contribution >= 0.6 is 25.3 Å². The van der Waals surface area contributed by atoms with Gasteiger partial charge in [0.1, 0.15) is 0 Å². The fourth-order valence-electron chi connectivity index (χ4n) is 1.60. The molecule has 22 heavy (non-hydrogen) atoms. The lowest BCUT2D eigenvalue weighted by Gasteiger charge is -2.09. The molecule has 0 saturated heterocycles. The number of rotatable bonds is 8. The minimum Gasteiger partial charge on any atom is -0.383 e. The number of aliphatic hydroxyl groups excluding tert-OH is 1. The van der Waals surface area contributed by atoms with Crippen LogP contribution in [0.15, 0.2) is 36.4 Å². The Hall–Kier alpha value is -0.460. The van der Waals surface area contributed by atoms with Crippen molar-refractivity contribution in [1.82, 2.24) is 0 Å². The van der Waals surface area contributed by atoms with Crippen LogP contribution in [0.3, 0.4) is 0 Å². The summed E-state index contributed by atoms with van der Waals surface area (Å²) < 4.78 is 10.1. The first kappa shape index (κ1) is 21.5. The Labute approximate surface area is 145 Å². The van der Waals surface area contributed by atoms with Gasteiger partial charge < -0.3 is 14.6 Å². The molecule has 2 unspecified atom stereocenters. The first-order chi connectivity index (χ1) is 10.5. The number of thiol groups is 2. The molecule has 0 aliphatic rings. The normalized spacial score (nSPS) is 13.8. The van der Waals surface area contributed by atoms with Crippen molar-refractivity contribution in [2.45, 2.75) is 44.2 Å². The molecule has 0 aliphatic heterocycles. The summed E-state index contributed by atoms with van der Waals surface area (Å²) in [7, 11) is 0. The average Bonchev–Trinajstić information content (AvgIpc) is 2.47. The van der Waals surface area contributed by atoms with Crippen molar-refractivity contribution < 1.29 is 14.6 Å². The average molecular weight is 345 g/mol. The standard InChI is InChI=1S/C11H14OS2.C6H14O2/c12-11(14)8-10(13)7-6-9-4-2-1-3-5-9;1-4-7-6(3)8-5-2/h1-7,10-14H,8H2;6H,4-5H2,1-3H3. The van der Waals surface area contributed by atoms with Crippen LogP contribution in [0.5, 0.6) is 0 Å². The van der Waals surface area contributed by atoms with Crippen LogP contribution < -0.4 is 0 Å². The predicted molar refractivity (Wildman–Crippen MR) is 101 cm³/mol. The van der Waals surface area contributed by atoms with Crippen molar-refractivity contribution >= 4 is 31.3 Å².